The summed E-state index contributed by atoms with van der Waals surface area (Å²) in [4.78, 5) is 0. The summed E-state index contributed by atoms with van der Waals surface area (Å²) in [7, 11) is -3.45. The van der Waals surface area contributed by atoms with Gasteiger partial charge in [0, 0.05) is 28.8 Å². The second-order valence-corrected chi connectivity index (χ2v) is 29.1. The summed E-state index contributed by atoms with van der Waals surface area (Å²) >= 11 is 0. The van der Waals surface area contributed by atoms with Crippen molar-refractivity contribution < 1.29 is 0 Å². The van der Waals surface area contributed by atoms with Gasteiger partial charge in [-0.2, -0.15) is 0 Å². The van der Waals surface area contributed by atoms with Crippen molar-refractivity contribution in [2.45, 2.75) is 128 Å². The van der Waals surface area contributed by atoms with Gasteiger partial charge in [-0.25, -0.2) is 0 Å². The van der Waals surface area contributed by atoms with Crippen LogP contribution < -0.4 is 5.73 Å². The lowest BCUT2D eigenvalue weighted by atomic mass is 9.88. The number of hydrogen-bond donors (Lipinski definition) is 2. The van der Waals surface area contributed by atoms with Crippen LogP contribution in [0.2, 0.25) is 45.3 Å². The molecular formula is C47H60N2Si2. The Morgan fingerprint density at radius 3 is 1.18 bits per heavy atom. The van der Waals surface area contributed by atoms with Crippen LogP contribution in [0.5, 0.6) is 0 Å². The molecule has 0 heterocycles. The third-order valence-corrected chi connectivity index (χ3v) is 27.4. The summed E-state index contributed by atoms with van der Waals surface area (Å²) in [5.74, 6) is 15.5. The summed E-state index contributed by atoms with van der Waals surface area (Å²) in [5.41, 5.74) is 12.8. The lowest BCUT2D eigenvalue weighted by molar-refractivity contribution is 0.813. The van der Waals surface area contributed by atoms with E-state index in [0.717, 1.165) is 50.3 Å². The van der Waals surface area contributed by atoms with E-state index in [-0.39, 0.29) is 5.84 Å². The first-order valence-corrected chi connectivity index (χ1v) is 24.1. The molecule has 0 radical (unpaired) electrons. The molecule has 0 unspecified atom stereocenters. The molecule has 0 amide bonds. The zero-order valence-corrected chi connectivity index (χ0v) is 35.3. The first-order chi connectivity index (χ1) is 24.1. The number of amidine groups is 1. The van der Waals surface area contributed by atoms with Crippen LogP contribution in [-0.2, 0) is 0 Å². The fourth-order valence-corrected chi connectivity index (χ4v) is 21.1. The van der Waals surface area contributed by atoms with E-state index < -0.39 is 16.1 Å². The van der Waals surface area contributed by atoms with Crippen LogP contribution in [0, 0.1) is 29.1 Å². The second-order valence-electron chi connectivity index (χ2n) is 17.0. The first-order valence-electron chi connectivity index (χ1n) is 19.2. The highest BCUT2D eigenvalue weighted by Gasteiger charge is 2.42. The molecule has 0 fully saturated rings. The van der Waals surface area contributed by atoms with Gasteiger partial charge in [-0.3, -0.25) is 5.41 Å². The summed E-state index contributed by atoms with van der Waals surface area (Å²) in [6.45, 7) is 29.1. The molecule has 51 heavy (non-hydrogen) atoms. The smallest absolute Gasteiger partial charge is 0.122 e. The van der Waals surface area contributed by atoms with Gasteiger partial charge >= 0.3 is 0 Å². The summed E-state index contributed by atoms with van der Waals surface area (Å²) < 4.78 is 0. The highest BCUT2D eigenvalue weighted by Crippen LogP contribution is 2.46. The van der Waals surface area contributed by atoms with E-state index in [9.17, 15) is 0 Å². The monoisotopic (exact) mass is 708 g/mol. The van der Waals surface area contributed by atoms with E-state index in [1.807, 2.05) is 12.1 Å². The number of benzene rings is 5. The maximum atomic E-state index is 8.15. The van der Waals surface area contributed by atoms with Gasteiger partial charge in [-0.15, -0.1) is 11.8 Å². The molecule has 2 nitrogen and oxygen atoms in total. The van der Waals surface area contributed by atoms with E-state index in [1.165, 1.54) is 21.5 Å². The van der Waals surface area contributed by atoms with Gasteiger partial charge in [0.1, 0.15) is 5.84 Å². The van der Waals surface area contributed by atoms with Crippen LogP contribution in [-0.4, -0.2) is 22.0 Å². The van der Waals surface area contributed by atoms with E-state index in [2.05, 4.69) is 161 Å². The minimum absolute atomic E-state index is 0.0824. The molecule has 5 aromatic rings. The average Bonchev–Trinajstić information content (AvgIpc) is 3.06. The van der Waals surface area contributed by atoms with Gasteiger partial charge in [0.05, 0.1) is 16.1 Å². The number of nitrogen functional groups attached to an aromatic ring is 1. The predicted molar refractivity (Wildman–Crippen MR) is 233 cm³/mol. The molecule has 5 aromatic carbocycles. The SMILES string of the molecule is CC(C)[Si](CC#Cc1c2cc3ccccc3cc2c(C#CC[Si](C(C)C)(C(C)C)C(C)C)c2cc3cc(C(=N)N)ccc3cc12)(C(C)C)C(C)C. The summed E-state index contributed by atoms with van der Waals surface area (Å²) in [6, 6.07) is 26.1. The summed E-state index contributed by atoms with van der Waals surface area (Å²) in [5, 5.41) is 17.4. The van der Waals surface area contributed by atoms with Crippen molar-refractivity contribution in [3.63, 3.8) is 0 Å². The second kappa shape index (κ2) is 15.0. The molecule has 4 heteroatoms. The molecule has 3 N–H and O–H groups in total. The molecule has 0 aromatic heterocycles. The average molecular weight is 709 g/mol. The minimum atomic E-state index is -1.73. The minimum Gasteiger partial charge on any atom is -0.384 e. The lowest BCUT2D eigenvalue weighted by Crippen LogP contribution is -2.43. The fraction of sp³-hybridized carbons (Fsp3) is 0.426. The third-order valence-electron chi connectivity index (χ3n) is 12.9. The molecule has 0 aliphatic heterocycles. The largest absolute Gasteiger partial charge is 0.384 e. The molecule has 0 bridgehead atoms. The molecule has 266 valence electrons. The number of nitrogens with two attached hydrogens (primary N) is 1. The van der Waals surface area contributed by atoms with E-state index in [4.69, 9.17) is 11.1 Å². The van der Waals surface area contributed by atoms with Gasteiger partial charge in [0.15, 0.2) is 0 Å². The molecular weight excluding hydrogens is 649 g/mol. The normalized spacial score (nSPS) is 12.6. The van der Waals surface area contributed by atoms with Crippen LogP contribution in [0.4, 0.5) is 0 Å². The number of nitrogens with one attached hydrogen (secondary N) is 1. The number of hydrogen-bond acceptors (Lipinski definition) is 1. The van der Waals surface area contributed by atoms with Crippen LogP contribution >= 0.6 is 0 Å². The zero-order valence-electron chi connectivity index (χ0n) is 33.3. The Balaban J connectivity index is 1.90. The van der Waals surface area contributed by atoms with Crippen molar-refractivity contribution in [3.05, 3.63) is 83.4 Å². The third kappa shape index (κ3) is 6.91. The van der Waals surface area contributed by atoms with Crippen molar-refractivity contribution in [2.24, 2.45) is 5.73 Å². The Bertz CT molecular complexity index is 2190. The Kier molecular flexibility index (Phi) is 11.3. The zero-order chi connectivity index (χ0) is 37.4. The quantitative estimate of drug-likeness (QED) is 0.0517. The van der Waals surface area contributed by atoms with Crippen LogP contribution in [0.1, 0.15) is 99.8 Å². The Hall–Kier alpha value is -3.84. The fourth-order valence-electron chi connectivity index (χ4n) is 9.89. The van der Waals surface area contributed by atoms with E-state index in [1.54, 1.807) is 0 Å². The first kappa shape index (κ1) is 38.4. The van der Waals surface area contributed by atoms with Gasteiger partial charge in [0.25, 0.3) is 0 Å². The molecule has 0 saturated heterocycles. The maximum absolute atomic E-state index is 8.15. The van der Waals surface area contributed by atoms with Crippen molar-refractivity contribution >= 4 is 65.1 Å². The Labute approximate surface area is 310 Å². The Morgan fingerprint density at radius 2 is 0.843 bits per heavy atom. The van der Waals surface area contributed by atoms with Crippen LogP contribution in [0.3, 0.4) is 0 Å². The standard InChI is InChI=1S/C47H60N2Si2/c1-30(2)50(31(3)4,32(5)6)23-15-19-41-43-26-36-17-13-14-18-37(36)27-44(43)42(20-16-24-51(33(7)8,34(9)10)35(11)12)46-29-40-25-39(47(48)49)22-21-38(40)28-45(41)46/h13-14,17-18,21-22,25-35H,23-24H2,1-12H3,(H3,48,49). The molecule has 5 rings (SSSR count). The number of fused-ring (bicyclic) bond motifs is 4. The van der Waals surface area contributed by atoms with Gasteiger partial charge < -0.3 is 5.73 Å². The van der Waals surface area contributed by atoms with Crippen molar-refractivity contribution in [1.29, 1.82) is 5.41 Å². The predicted octanol–water partition coefficient (Wildman–Crippen LogP) is 13.6. The molecule has 0 spiro atoms. The summed E-state index contributed by atoms with van der Waals surface area (Å²) in [6.07, 6.45) is 0. The van der Waals surface area contributed by atoms with Crippen LogP contribution in [0.25, 0.3) is 43.1 Å². The van der Waals surface area contributed by atoms with Gasteiger partial charge in [-0.05, 0) is 107 Å². The van der Waals surface area contributed by atoms with Crippen molar-refractivity contribution in [1.82, 2.24) is 0 Å². The number of rotatable bonds is 9. The molecule has 0 saturated carbocycles. The van der Waals surface area contributed by atoms with E-state index in [0.29, 0.717) is 33.2 Å². The highest BCUT2D eigenvalue weighted by atomic mass is 28.3. The molecule has 0 aliphatic rings. The van der Waals surface area contributed by atoms with Crippen molar-refractivity contribution in [2.75, 3.05) is 0 Å². The molecule has 0 atom stereocenters. The molecule has 0 aliphatic carbocycles. The highest BCUT2D eigenvalue weighted by molar-refractivity contribution is 6.84. The maximum Gasteiger partial charge on any atom is 0.122 e. The Morgan fingerprint density at radius 1 is 0.510 bits per heavy atom. The lowest BCUT2D eigenvalue weighted by Gasteiger charge is -2.42. The van der Waals surface area contributed by atoms with Gasteiger partial charge in [-0.1, -0.05) is 131 Å². The van der Waals surface area contributed by atoms with Gasteiger partial charge in [0.2, 0.25) is 0 Å². The van der Waals surface area contributed by atoms with Crippen molar-refractivity contribution in [3.8, 4) is 23.7 Å². The van der Waals surface area contributed by atoms with Crippen LogP contribution in [0.15, 0.2) is 66.7 Å². The van der Waals surface area contributed by atoms with E-state index >= 15 is 0 Å². The topological polar surface area (TPSA) is 49.9 Å².